The van der Waals surface area contributed by atoms with Crippen molar-refractivity contribution in [2.45, 2.75) is 39.2 Å². The summed E-state index contributed by atoms with van der Waals surface area (Å²) in [6.45, 7) is 4.45. The lowest BCUT2D eigenvalue weighted by Gasteiger charge is -2.21. The van der Waals surface area contributed by atoms with Crippen LogP contribution in [-0.4, -0.2) is 28.5 Å². The Hall–Kier alpha value is -3.61. The maximum atomic E-state index is 12.0. The molecule has 7 heteroatoms. The molecular formula is C29H29ClN2O4. The second-order valence-electron chi connectivity index (χ2n) is 8.86. The molecule has 4 aromatic rings. The molecule has 0 fully saturated rings. The summed E-state index contributed by atoms with van der Waals surface area (Å²) in [6, 6.07) is 27.6. The lowest BCUT2D eigenvalue weighted by molar-refractivity contribution is -0.166. The van der Waals surface area contributed by atoms with Crippen LogP contribution in [0.1, 0.15) is 30.7 Å². The number of halogens is 1. The zero-order valence-corrected chi connectivity index (χ0v) is 21.4. The van der Waals surface area contributed by atoms with E-state index < -0.39 is 11.6 Å². The van der Waals surface area contributed by atoms with Crippen LogP contribution in [0, 0.1) is 0 Å². The Balaban J connectivity index is 1.61. The third-order valence-electron chi connectivity index (χ3n) is 5.74. The van der Waals surface area contributed by atoms with Crippen molar-refractivity contribution in [3.05, 3.63) is 107 Å². The Kier molecular flexibility index (Phi) is 8.08. The Morgan fingerprint density at radius 2 is 1.69 bits per heavy atom. The van der Waals surface area contributed by atoms with Crippen molar-refractivity contribution in [3.63, 3.8) is 0 Å². The standard InChI is InChI=1S/C29H29ClN2O4/c1-29(2,28(33)34-3)36-20-24-17-27(32(31-24)18-23-12-7-8-15-26(23)30)22-13-9-14-25(16-22)35-19-21-10-5-4-6-11-21/h4-17H,18-20H2,1-3H3. The molecule has 0 amide bonds. The van der Waals surface area contributed by atoms with Gasteiger partial charge in [0.2, 0.25) is 0 Å². The van der Waals surface area contributed by atoms with Crippen LogP contribution in [0.25, 0.3) is 11.3 Å². The number of esters is 1. The molecule has 0 saturated heterocycles. The van der Waals surface area contributed by atoms with Crippen molar-refractivity contribution < 1.29 is 19.0 Å². The van der Waals surface area contributed by atoms with E-state index in [-0.39, 0.29) is 6.61 Å². The lowest BCUT2D eigenvalue weighted by atomic mass is 10.1. The van der Waals surface area contributed by atoms with Gasteiger partial charge in [0.25, 0.3) is 0 Å². The quantitative estimate of drug-likeness (QED) is 0.237. The van der Waals surface area contributed by atoms with Crippen molar-refractivity contribution in [1.29, 1.82) is 0 Å². The highest BCUT2D eigenvalue weighted by Crippen LogP contribution is 2.28. The molecule has 0 bridgehead atoms. The highest BCUT2D eigenvalue weighted by molar-refractivity contribution is 6.31. The highest BCUT2D eigenvalue weighted by atomic mass is 35.5. The van der Waals surface area contributed by atoms with Crippen LogP contribution in [0.3, 0.4) is 0 Å². The molecule has 0 atom stereocenters. The van der Waals surface area contributed by atoms with Gasteiger partial charge < -0.3 is 14.2 Å². The predicted octanol–water partition coefficient (Wildman–Crippen LogP) is 6.30. The minimum absolute atomic E-state index is 0.148. The maximum absolute atomic E-state index is 12.0. The van der Waals surface area contributed by atoms with E-state index in [4.69, 9.17) is 30.9 Å². The van der Waals surface area contributed by atoms with E-state index in [0.717, 1.165) is 28.1 Å². The first-order chi connectivity index (χ1) is 17.4. The Morgan fingerprint density at radius 1 is 0.944 bits per heavy atom. The van der Waals surface area contributed by atoms with Gasteiger partial charge in [-0.1, -0.05) is 72.3 Å². The van der Waals surface area contributed by atoms with Gasteiger partial charge in [-0.25, -0.2) is 4.79 Å². The monoisotopic (exact) mass is 504 g/mol. The van der Waals surface area contributed by atoms with Gasteiger partial charge in [0.15, 0.2) is 5.60 Å². The SMILES string of the molecule is COC(=O)C(C)(C)OCc1cc(-c2cccc(OCc3ccccc3)c2)n(Cc2ccccc2Cl)n1. The fraction of sp³-hybridized carbons (Fsp3) is 0.241. The molecule has 3 aromatic carbocycles. The molecule has 36 heavy (non-hydrogen) atoms. The Morgan fingerprint density at radius 3 is 2.44 bits per heavy atom. The first-order valence-electron chi connectivity index (χ1n) is 11.7. The molecule has 1 aromatic heterocycles. The number of carbonyl (C=O) groups is 1. The molecule has 186 valence electrons. The van der Waals surface area contributed by atoms with Crippen molar-refractivity contribution in [3.8, 4) is 17.0 Å². The maximum Gasteiger partial charge on any atom is 0.337 e. The van der Waals surface area contributed by atoms with Crippen molar-refractivity contribution >= 4 is 17.6 Å². The first-order valence-corrected chi connectivity index (χ1v) is 12.0. The van der Waals surface area contributed by atoms with E-state index in [1.807, 2.05) is 89.6 Å². The van der Waals surface area contributed by atoms with E-state index >= 15 is 0 Å². The van der Waals surface area contributed by atoms with Gasteiger partial charge in [0.1, 0.15) is 12.4 Å². The summed E-state index contributed by atoms with van der Waals surface area (Å²) in [7, 11) is 1.34. The Labute approximate surface area is 216 Å². The molecule has 0 spiro atoms. The van der Waals surface area contributed by atoms with Gasteiger partial charge in [0.05, 0.1) is 31.6 Å². The normalized spacial score (nSPS) is 11.3. The van der Waals surface area contributed by atoms with E-state index in [1.165, 1.54) is 7.11 Å². The third kappa shape index (κ3) is 6.33. The second-order valence-corrected chi connectivity index (χ2v) is 9.27. The fourth-order valence-corrected chi connectivity index (χ4v) is 3.92. The molecule has 0 saturated carbocycles. The molecule has 0 aliphatic rings. The van der Waals surface area contributed by atoms with Crippen molar-refractivity contribution in [2.75, 3.05) is 7.11 Å². The first kappa shape index (κ1) is 25.5. The molecule has 4 rings (SSSR count). The number of ether oxygens (including phenoxy) is 3. The number of benzene rings is 3. The molecular weight excluding hydrogens is 476 g/mol. The van der Waals surface area contributed by atoms with E-state index in [2.05, 4.69) is 0 Å². The number of hydrogen-bond acceptors (Lipinski definition) is 5. The van der Waals surface area contributed by atoms with Gasteiger partial charge in [-0.15, -0.1) is 0 Å². The molecule has 6 nitrogen and oxygen atoms in total. The lowest BCUT2D eigenvalue weighted by Crippen LogP contribution is -2.35. The fourth-order valence-electron chi connectivity index (χ4n) is 3.73. The summed E-state index contributed by atoms with van der Waals surface area (Å²) in [5.74, 6) is 0.313. The average Bonchev–Trinajstić information content (AvgIpc) is 3.30. The van der Waals surface area contributed by atoms with Gasteiger partial charge in [0, 0.05) is 10.6 Å². The van der Waals surface area contributed by atoms with E-state index in [0.29, 0.717) is 23.9 Å². The summed E-state index contributed by atoms with van der Waals surface area (Å²) < 4.78 is 18.6. The number of rotatable bonds is 10. The molecule has 0 N–H and O–H groups in total. The van der Waals surface area contributed by atoms with Crippen molar-refractivity contribution in [2.24, 2.45) is 0 Å². The number of carbonyl (C=O) groups excluding carboxylic acids is 1. The van der Waals surface area contributed by atoms with Crippen LogP contribution in [0.2, 0.25) is 5.02 Å². The number of hydrogen-bond donors (Lipinski definition) is 0. The van der Waals surface area contributed by atoms with E-state index in [9.17, 15) is 4.79 Å². The summed E-state index contributed by atoms with van der Waals surface area (Å²) in [5.41, 5.74) is 3.46. The molecule has 0 aliphatic carbocycles. The van der Waals surface area contributed by atoms with Crippen LogP contribution in [0.15, 0.2) is 84.9 Å². The third-order valence-corrected chi connectivity index (χ3v) is 6.11. The summed E-state index contributed by atoms with van der Waals surface area (Å²) >= 11 is 6.44. The minimum Gasteiger partial charge on any atom is -0.489 e. The molecule has 0 unspecified atom stereocenters. The van der Waals surface area contributed by atoms with Gasteiger partial charge in [-0.3, -0.25) is 4.68 Å². The second kappa shape index (κ2) is 11.4. The van der Waals surface area contributed by atoms with Crippen LogP contribution in [-0.2, 0) is 34.0 Å². The number of methoxy groups -OCH3 is 1. The van der Waals surface area contributed by atoms with Gasteiger partial charge >= 0.3 is 5.97 Å². The largest absolute Gasteiger partial charge is 0.489 e. The van der Waals surface area contributed by atoms with Crippen LogP contribution in [0.4, 0.5) is 0 Å². The minimum atomic E-state index is -1.09. The van der Waals surface area contributed by atoms with Gasteiger partial charge in [-0.05, 0) is 49.2 Å². The molecule has 0 aliphatic heterocycles. The van der Waals surface area contributed by atoms with Crippen molar-refractivity contribution in [1.82, 2.24) is 9.78 Å². The number of nitrogens with zero attached hydrogens (tertiary/aromatic N) is 2. The van der Waals surface area contributed by atoms with Crippen LogP contribution < -0.4 is 4.74 Å². The smallest absolute Gasteiger partial charge is 0.337 e. The summed E-state index contributed by atoms with van der Waals surface area (Å²) in [4.78, 5) is 12.0. The zero-order valence-electron chi connectivity index (χ0n) is 20.6. The van der Waals surface area contributed by atoms with Crippen LogP contribution >= 0.6 is 11.6 Å². The predicted molar refractivity (Wildman–Crippen MR) is 140 cm³/mol. The summed E-state index contributed by atoms with van der Waals surface area (Å²) in [5, 5.41) is 5.44. The van der Waals surface area contributed by atoms with E-state index in [1.54, 1.807) is 13.8 Å². The molecule has 1 heterocycles. The number of aromatic nitrogens is 2. The summed E-state index contributed by atoms with van der Waals surface area (Å²) in [6.07, 6.45) is 0. The highest BCUT2D eigenvalue weighted by Gasteiger charge is 2.30. The van der Waals surface area contributed by atoms with Gasteiger partial charge in [-0.2, -0.15) is 5.10 Å². The van der Waals surface area contributed by atoms with Crippen LogP contribution in [0.5, 0.6) is 5.75 Å². The molecule has 0 radical (unpaired) electrons. The average molecular weight is 505 g/mol. The topological polar surface area (TPSA) is 62.6 Å². The Bertz CT molecular complexity index is 1320. The zero-order chi connectivity index (χ0) is 25.5.